The zero-order chi connectivity index (χ0) is 14.3. The molecule has 0 heterocycles. The molecule has 0 bridgehead atoms. The van der Waals surface area contributed by atoms with E-state index in [1.54, 1.807) is 0 Å². The summed E-state index contributed by atoms with van der Waals surface area (Å²) in [5.74, 6) is 0.473. The molecule has 1 aromatic rings. The lowest BCUT2D eigenvalue weighted by atomic mass is 10.0. The first-order chi connectivity index (χ1) is 9.04. The Morgan fingerprint density at radius 3 is 2.63 bits per heavy atom. The number of carbonyl (C=O) groups excluding carboxylic acids is 1. The molecule has 1 amide bonds. The van der Waals surface area contributed by atoms with Crippen molar-refractivity contribution < 1.29 is 4.79 Å². The third kappa shape index (κ3) is 5.43. The summed E-state index contributed by atoms with van der Waals surface area (Å²) in [4.78, 5) is 14.1. The molecule has 106 valence electrons. The van der Waals surface area contributed by atoms with Gasteiger partial charge in [0, 0.05) is 5.69 Å². The van der Waals surface area contributed by atoms with Gasteiger partial charge in [0.25, 0.3) is 0 Å². The minimum absolute atomic E-state index is 0.0618. The molecule has 0 spiro atoms. The molecule has 0 aromatic heterocycles. The van der Waals surface area contributed by atoms with Crippen molar-refractivity contribution in [3.05, 3.63) is 29.8 Å². The largest absolute Gasteiger partial charge is 0.325 e. The molecule has 19 heavy (non-hydrogen) atoms. The van der Waals surface area contributed by atoms with Crippen LogP contribution in [0.3, 0.4) is 0 Å². The van der Waals surface area contributed by atoms with Gasteiger partial charge >= 0.3 is 0 Å². The highest BCUT2D eigenvalue weighted by Gasteiger charge is 2.10. The quantitative estimate of drug-likeness (QED) is 0.816. The lowest BCUT2D eigenvalue weighted by Crippen LogP contribution is -2.31. The molecule has 3 heteroatoms. The van der Waals surface area contributed by atoms with Crippen molar-refractivity contribution in [2.45, 2.75) is 39.5 Å². The molecule has 0 aliphatic rings. The maximum absolute atomic E-state index is 12.0. The lowest BCUT2D eigenvalue weighted by Gasteiger charge is -2.17. The van der Waals surface area contributed by atoms with Crippen LogP contribution in [0.2, 0.25) is 0 Å². The summed E-state index contributed by atoms with van der Waals surface area (Å²) in [6.07, 6.45) is 2.29. The summed E-state index contributed by atoms with van der Waals surface area (Å²) in [7, 11) is 1.99. The number of nitrogens with zero attached hydrogens (tertiary/aromatic N) is 1. The third-order valence-corrected chi connectivity index (χ3v) is 3.16. The van der Waals surface area contributed by atoms with Crippen molar-refractivity contribution in [3.8, 4) is 0 Å². The van der Waals surface area contributed by atoms with Crippen LogP contribution in [0.4, 0.5) is 5.69 Å². The number of benzene rings is 1. The monoisotopic (exact) mass is 262 g/mol. The molecule has 3 nitrogen and oxygen atoms in total. The lowest BCUT2D eigenvalue weighted by molar-refractivity contribution is -0.117. The molecule has 0 saturated carbocycles. The van der Waals surface area contributed by atoms with Gasteiger partial charge in [0.2, 0.25) is 5.91 Å². The van der Waals surface area contributed by atoms with Crippen molar-refractivity contribution >= 4 is 11.6 Å². The van der Waals surface area contributed by atoms with E-state index in [2.05, 4.69) is 37.1 Å². The van der Waals surface area contributed by atoms with Crippen molar-refractivity contribution in [2.24, 2.45) is 0 Å². The van der Waals surface area contributed by atoms with E-state index >= 15 is 0 Å². The van der Waals surface area contributed by atoms with E-state index in [1.165, 1.54) is 5.56 Å². The van der Waals surface area contributed by atoms with Crippen LogP contribution >= 0.6 is 0 Å². The van der Waals surface area contributed by atoms with Crippen LogP contribution in [0.25, 0.3) is 0 Å². The summed E-state index contributed by atoms with van der Waals surface area (Å²) < 4.78 is 0. The molecular weight excluding hydrogens is 236 g/mol. The van der Waals surface area contributed by atoms with Gasteiger partial charge in [-0.15, -0.1) is 0 Å². The summed E-state index contributed by atoms with van der Waals surface area (Å²) in [5, 5.41) is 3.02. The fourth-order valence-electron chi connectivity index (χ4n) is 2.06. The zero-order valence-corrected chi connectivity index (χ0v) is 12.6. The van der Waals surface area contributed by atoms with Crippen molar-refractivity contribution in [1.29, 1.82) is 0 Å². The third-order valence-electron chi connectivity index (χ3n) is 3.16. The van der Waals surface area contributed by atoms with Gasteiger partial charge < -0.3 is 5.32 Å². The number of hydrogen-bond donors (Lipinski definition) is 1. The number of unbranched alkanes of at least 4 members (excludes halogenated alkanes) is 1. The van der Waals surface area contributed by atoms with Crippen LogP contribution in [-0.2, 0) is 4.79 Å². The van der Waals surface area contributed by atoms with E-state index in [0.717, 1.165) is 25.1 Å². The Morgan fingerprint density at radius 2 is 2.00 bits per heavy atom. The molecule has 0 aliphatic heterocycles. The highest BCUT2D eigenvalue weighted by Crippen LogP contribution is 2.23. The minimum Gasteiger partial charge on any atom is -0.325 e. The number of rotatable bonds is 7. The molecule has 1 N–H and O–H groups in total. The van der Waals surface area contributed by atoms with Gasteiger partial charge in [-0.2, -0.15) is 0 Å². The zero-order valence-electron chi connectivity index (χ0n) is 12.6. The van der Waals surface area contributed by atoms with Crippen LogP contribution in [0, 0.1) is 0 Å². The average Bonchev–Trinajstić information content (AvgIpc) is 2.36. The number of amides is 1. The summed E-state index contributed by atoms with van der Waals surface area (Å²) in [6, 6.07) is 8.01. The van der Waals surface area contributed by atoms with Gasteiger partial charge in [0.15, 0.2) is 0 Å². The second-order valence-corrected chi connectivity index (χ2v) is 5.38. The average molecular weight is 262 g/mol. The number of hydrogen-bond acceptors (Lipinski definition) is 2. The predicted molar refractivity (Wildman–Crippen MR) is 81.6 cm³/mol. The molecular formula is C16H26N2O. The van der Waals surface area contributed by atoms with Crippen LogP contribution < -0.4 is 5.32 Å². The smallest absolute Gasteiger partial charge is 0.238 e. The predicted octanol–water partition coefficient (Wildman–Crippen LogP) is 3.48. The van der Waals surface area contributed by atoms with Crippen LogP contribution in [-0.4, -0.2) is 30.9 Å². The number of para-hydroxylation sites is 1. The maximum Gasteiger partial charge on any atom is 0.238 e. The van der Waals surface area contributed by atoms with E-state index in [4.69, 9.17) is 0 Å². The highest BCUT2D eigenvalue weighted by atomic mass is 16.2. The van der Waals surface area contributed by atoms with Gasteiger partial charge in [-0.25, -0.2) is 0 Å². The van der Waals surface area contributed by atoms with Crippen LogP contribution in [0.1, 0.15) is 45.1 Å². The summed E-state index contributed by atoms with van der Waals surface area (Å²) in [5.41, 5.74) is 2.12. The number of nitrogens with one attached hydrogen (secondary N) is 1. The molecule has 0 unspecified atom stereocenters. The number of carbonyl (C=O) groups is 1. The maximum atomic E-state index is 12.0. The van der Waals surface area contributed by atoms with E-state index in [-0.39, 0.29) is 5.91 Å². The standard InChI is InChI=1S/C16H26N2O/c1-5-6-11-18(4)12-16(19)17-15-10-8-7-9-14(15)13(2)3/h7-10,13H,5-6,11-12H2,1-4H3,(H,17,19). The first-order valence-electron chi connectivity index (χ1n) is 7.12. The van der Waals surface area contributed by atoms with E-state index in [0.29, 0.717) is 12.5 Å². The Labute approximate surface area is 117 Å². The Hall–Kier alpha value is -1.35. The fraction of sp³-hybridized carbons (Fsp3) is 0.562. The second kappa shape index (κ2) is 7.95. The van der Waals surface area contributed by atoms with E-state index in [9.17, 15) is 4.79 Å². The minimum atomic E-state index is 0.0618. The molecule has 1 aromatic carbocycles. The Balaban J connectivity index is 2.57. The normalized spacial score (nSPS) is 11.1. The summed E-state index contributed by atoms with van der Waals surface area (Å²) >= 11 is 0. The SMILES string of the molecule is CCCCN(C)CC(=O)Nc1ccccc1C(C)C. The number of anilines is 1. The molecule has 0 saturated heterocycles. The van der Waals surface area contributed by atoms with Crippen molar-refractivity contribution in [3.63, 3.8) is 0 Å². The van der Waals surface area contributed by atoms with Gasteiger partial charge in [-0.1, -0.05) is 45.4 Å². The van der Waals surface area contributed by atoms with Gasteiger partial charge in [-0.05, 0) is 37.6 Å². The Morgan fingerprint density at radius 1 is 1.32 bits per heavy atom. The van der Waals surface area contributed by atoms with E-state index in [1.807, 2.05) is 25.2 Å². The topological polar surface area (TPSA) is 32.3 Å². The van der Waals surface area contributed by atoms with Crippen molar-refractivity contribution in [1.82, 2.24) is 4.90 Å². The van der Waals surface area contributed by atoms with Crippen LogP contribution in [0.5, 0.6) is 0 Å². The Kier molecular flexibility index (Phi) is 6.57. The number of likely N-dealkylation sites (N-methyl/N-ethyl adjacent to an activating group) is 1. The molecule has 0 fully saturated rings. The van der Waals surface area contributed by atoms with Crippen LogP contribution in [0.15, 0.2) is 24.3 Å². The molecule has 0 aliphatic carbocycles. The van der Waals surface area contributed by atoms with Gasteiger partial charge in [-0.3, -0.25) is 9.69 Å². The first-order valence-corrected chi connectivity index (χ1v) is 7.12. The molecule has 1 rings (SSSR count). The van der Waals surface area contributed by atoms with E-state index < -0.39 is 0 Å². The van der Waals surface area contributed by atoms with Gasteiger partial charge in [0.05, 0.1) is 6.54 Å². The first kappa shape index (κ1) is 15.7. The molecule has 0 atom stereocenters. The van der Waals surface area contributed by atoms with Gasteiger partial charge in [0.1, 0.15) is 0 Å². The molecule has 0 radical (unpaired) electrons. The second-order valence-electron chi connectivity index (χ2n) is 5.38. The Bertz CT molecular complexity index is 401. The summed E-state index contributed by atoms with van der Waals surface area (Å²) in [6.45, 7) is 7.85. The highest BCUT2D eigenvalue weighted by molar-refractivity contribution is 5.93. The van der Waals surface area contributed by atoms with Crippen molar-refractivity contribution in [2.75, 3.05) is 25.5 Å². The fourth-order valence-corrected chi connectivity index (χ4v) is 2.06.